The Morgan fingerprint density at radius 3 is 2.60 bits per heavy atom. The molecule has 0 heterocycles. The molecule has 0 spiro atoms. The molecule has 0 fully saturated rings. The zero-order chi connectivity index (χ0) is 14.9. The third kappa shape index (κ3) is 2.81. The maximum absolute atomic E-state index is 11.3. The van der Waals surface area contributed by atoms with Gasteiger partial charge in [-0.1, -0.05) is 39.7 Å². The molecule has 102 valence electrons. The van der Waals surface area contributed by atoms with Crippen molar-refractivity contribution in [2.75, 3.05) is 0 Å². The van der Waals surface area contributed by atoms with Gasteiger partial charge in [-0.25, -0.2) is 4.79 Å². The number of nitro groups is 1. The van der Waals surface area contributed by atoms with Gasteiger partial charge in [0.2, 0.25) is 0 Å². The highest BCUT2D eigenvalue weighted by Gasteiger charge is 2.18. The van der Waals surface area contributed by atoms with Crippen molar-refractivity contribution in [2.24, 2.45) is 0 Å². The van der Waals surface area contributed by atoms with Crippen LogP contribution in [0.2, 0.25) is 5.02 Å². The largest absolute Gasteiger partial charge is 0.478 e. The van der Waals surface area contributed by atoms with E-state index >= 15 is 0 Å². The van der Waals surface area contributed by atoms with E-state index in [-0.39, 0.29) is 16.3 Å². The zero-order valence-corrected chi connectivity index (χ0v) is 12.2. The van der Waals surface area contributed by atoms with Gasteiger partial charge in [0.05, 0.1) is 15.5 Å². The summed E-state index contributed by atoms with van der Waals surface area (Å²) < 4.78 is 0.592. The summed E-state index contributed by atoms with van der Waals surface area (Å²) in [5.41, 5.74) is 0.533. The third-order valence-electron chi connectivity index (χ3n) is 2.64. The van der Waals surface area contributed by atoms with Gasteiger partial charge in [-0.3, -0.25) is 10.1 Å². The number of hydrogen-bond acceptors (Lipinski definition) is 3. The van der Waals surface area contributed by atoms with E-state index in [0.29, 0.717) is 15.6 Å². The quantitative estimate of drug-likeness (QED) is 0.654. The molecule has 2 aromatic rings. The van der Waals surface area contributed by atoms with E-state index in [1.807, 2.05) is 0 Å². The second-order valence-corrected chi connectivity index (χ2v) is 5.25. The fourth-order valence-corrected chi connectivity index (χ4v) is 2.70. The molecule has 2 aromatic carbocycles. The van der Waals surface area contributed by atoms with Crippen LogP contribution in [-0.2, 0) is 0 Å². The van der Waals surface area contributed by atoms with Gasteiger partial charge < -0.3 is 5.11 Å². The summed E-state index contributed by atoms with van der Waals surface area (Å²) in [6, 6.07) is 8.76. The van der Waals surface area contributed by atoms with Crippen molar-refractivity contribution in [1.29, 1.82) is 0 Å². The fourth-order valence-electron chi connectivity index (χ4n) is 1.81. The van der Waals surface area contributed by atoms with Crippen LogP contribution in [0.25, 0.3) is 11.1 Å². The molecule has 2 rings (SSSR count). The number of benzene rings is 2. The molecule has 1 N–H and O–H groups in total. The number of nitro benzene ring substituents is 1. The second-order valence-electron chi connectivity index (χ2n) is 3.92. The van der Waals surface area contributed by atoms with E-state index in [2.05, 4.69) is 15.9 Å². The lowest BCUT2D eigenvalue weighted by Crippen LogP contribution is -2.01. The van der Waals surface area contributed by atoms with Gasteiger partial charge in [0.25, 0.3) is 5.69 Å². The van der Waals surface area contributed by atoms with Gasteiger partial charge >= 0.3 is 5.97 Å². The highest BCUT2D eigenvalue weighted by atomic mass is 79.9. The summed E-state index contributed by atoms with van der Waals surface area (Å²) in [7, 11) is 0. The lowest BCUT2D eigenvalue weighted by molar-refractivity contribution is -0.384. The summed E-state index contributed by atoms with van der Waals surface area (Å²) in [6.45, 7) is 0. The molecular weight excluding hydrogens is 350 g/mol. The maximum Gasteiger partial charge on any atom is 0.337 e. The van der Waals surface area contributed by atoms with Gasteiger partial charge in [0, 0.05) is 16.6 Å². The maximum atomic E-state index is 11.3. The van der Waals surface area contributed by atoms with E-state index in [0.717, 1.165) is 0 Å². The second kappa shape index (κ2) is 5.60. The van der Waals surface area contributed by atoms with Gasteiger partial charge in [-0.15, -0.1) is 0 Å². The third-order valence-corrected chi connectivity index (χ3v) is 3.39. The Balaban J connectivity index is 2.71. The Bertz CT molecular complexity index is 718. The molecule has 0 saturated carbocycles. The first-order chi connectivity index (χ1) is 9.40. The number of nitrogens with zero attached hydrogens (tertiary/aromatic N) is 1. The molecule has 0 amide bonds. The topological polar surface area (TPSA) is 80.4 Å². The molecule has 0 radical (unpaired) electrons. The first-order valence-electron chi connectivity index (χ1n) is 5.37. The Morgan fingerprint density at radius 2 is 2.00 bits per heavy atom. The summed E-state index contributed by atoms with van der Waals surface area (Å²) >= 11 is 9.17. The van der Waals surface area contributed by atoms with Gasteiger partial charge in [0.15, 0.2) is 0 Å². The lowest BCUT2D eigenvalue weighted by Gasteiger charge is -2.09. The van der Waals surface area contributed by atoms with Crippen LogP contribution in [0.1, 0.15) is 10.4 Å². The van der Waals surface area contributed by atoms with E-state index in [1.54, 1.807) is 12.1 Å². The van der Waals surface area contributed by atoms with Gasteiger partial charge in [-0.05, 0) is 23.3 Å². The Kier molecular flexibility index (Phi) is 4.06. The highest BCUT2D eigenvalue weighted by Crippen LogP contribution is 2.34. The van der Waals surface area contributed by atoms with Crippen LogP contribution in [0.4, 0.5) is 5.69 Å². The molecule has 5 nitrogen and oxygen atoms in total. The van der Waals surface area contributed by atoms with Crippen molar-refractivity contribution >= 4 is 39.2 Å². The van der Waals surface area contributed by atoms with Gasteiger partial charge in [0.1, 0.15) is 0 Å². The summed E-state index contributed by atoms with van der Waals surface area (Å²) in [5, 5.41) is 20.1. The van der Waals surface area contributed by atoms with Crippen molar-refractivity contribution in [3.05, 3.63) is 61.6 Å². The standard InChI is InChI=1S/C13H7BrClNO4/c14-8-5-10(12(13(17)18)11(15)6-8)7-2-1-3-9(4-7)16(19)20/h1-6H,(H,17,18). The smallest absolute Gasteiger partial charge is 0.337 e. The molecule has 0 saturated heterocycles. The SMILES string of the molecule is O=C(O)c1c(Cl)cc(Br)cc1-c1cccc([N+](=O)[O-])c1. The van der Waals surface area contributed by atoms with Crippen LogP contribution in [0, 0.1) is 10.1 Å². The lowest BCUT2D eigenvalue weighted by atomic mass is 9.99. The van der Waals surface area contributed by atoms with Crippen LogP contribution in [0.5, 0.6) is 0 Å². The normalized spacial score (nSPS) is 10.3. The molecule has 7 heteroatoms. The van der Waals surface area contributed by atoms with E-state index in [1.165, 1.54) is 24.3 Å². The molecule has 0 bridgehead atoms. The number of non-ortho nitro benzene ring substituents is 1. The first-order valence-corrected chi connectivity index (χ1v) is 6.54. The average Bonchev–Trinajstić information content (AvgIpc) is 2.37. The summed E-state index contributed by atoms with van der Waals surface area (Å²) in [6.07, 6.45) is 0. The Hall–Kier alpha value is -1.92. The van der Waals surface area contributed by atoms with E-state index in [4.69, 9.17) is 11.6 Å². The molecule has 0 aromatic heterocycles. The summed E-state index contributed by atoms with van der Waals surface area (Å²) in [4.78, 5) is 21.6. The minimum atomic E-state index is -1.19. The monoisotopic (exact) mass is 355 g/mol. The molecule has 0 unspecified atom stereocenters. The van der Waals surface area contributed by atoms with Crippen LogP contribution in [0.3, 0.4) is 0 Å². The number of aromatic carboxylic acids is 1. The predicted octanol–water partition coefficient (Wildman–Crippen LogP) is 4.38. The number of hydrogen-bond donors (Lipinski definition) is 1. The van der Waals surface area contributed by atoms with E-state index in [9.17, 15) is 20.0 Å². The van der Waals surface area contributed by atoms with Crippen LogP contribution < -0.4 is 0 Å². The Labute approximate surface area is 127 Å². The minimum Gasteiger partial charge on any atom is -0.478 e. The average molecular weight is 357 g/mol. The number of carboxylic acid groups (broad SMARTS) is 1. The number of carboxylic acids is 1. The fraction of sp³-hybridized carbons (Fsp3) is 0. The first kappa shape index (κ1) is 14.5. The number of carbonyl (C=O) groups is 1. The molecule has 0 aliphatic rings. The zero-order valence-electron chi connectivity index (χ0n) is 9.84. The predicted molar refractivity (Wildman–Crippen MR) is 78.2 cm³/mol. The number of rotatable bonds is 3. The van der Waals surface area contributed by atoms with Crippen LogP contribution in [-0.4, -0.2) is 16.0 Å². The van der Waals surface area contributed by atoms with Crippen molar-refractivity contribution in [3.8, 4) is 11.1 Å². The van der Waals surface area contributed by atoms with Crippen LogP contribution in [0.15, 0.2) is 40.9 Å². The minimum absolute atomic E-state index is 0.0633. The summed E-state index contributed by atoms with van der Waals surface area (Å²) in [5.74, 6) is -1.19. The van der Waals surface area contributed by atoms with E-state index < -0.39 is 10.9 Å². The molecule has 0 atom stereocenters. The number of halogens is 2. The van der Waals surface area contributed by atoms with Crippen molar-refractivity contribution in [3.63, 3.8) is 0 Å². The van der Waals surface area contributed by atoms with Crippen molar-refractivity contribution in [1.82, 2.24) is 0 Å². The molecule has 0 aliphatic carbocycles. The van der Waals surface area contributed by atoms with Crippen LogP contribution >= 0.6 is 27.5 Å². The van der Waals surface area contributed by atoms with Gasteiger partial charge in [-0.2, -0.15) is 0 Å². The Morgan fingerprint density at radius 1 is 1.30 bits per heavy atom. The molecule has 0 aliphatic heterocycles. The highest BCUT2D eigenvalue weighted by molar-refractivity contribution is 9.10. The van der Waals surface area contributed by atoms with Crippen molar-refractivity contribution < 1.29 is 14.8 Å². The van der Waals surface area contributed by atoms with Crippen molar-refractivity contribution in [2.45, 2.75) is 0 Å². The molecular formula is C13H7BrClNO4. The molecule has 20 heavy (non-hydrogen) atoms.